The average Bonchev–Trinajstić information content (AvgIpc) is 2.69. The van der Waals surface area contributed by atoms with Crippen LogP contribution in [0.1, 0.15) is 16.8 Å². The van der Waals surface area contributed by atoms with Gasteiger partial charge in [-0.1, -0.05) is 23.7 Å². The number of fused-ring (bicyclic) bond motifs is 1. The molecule has 21 heavy (non-hydrogen) atoms. The second kappa shape index (κ2) is 5.66. The Morgan fingerprint density at radius 2 is 2.05 bits per heavy atom. The summed E-state index contributed by atoms with van der Waals surface area (Å²) in [6.45, 7) is 1.10. The topological polar surface area (TPSA) is 49.8 Å². The number of ether oxygens (including phenoxy) is 1. The summed E-state index contributed by atoms with van der Waals surface area (Å²) in [6, 6.07) is 11.9. The second-order valence-electron chi connectivity index (χ2n) is 4.79. The van der Waals surface area contributed by atoms with E-state index < -0.39 is 0 Å². The predicted octanol–water partition coefficient (Wildman–Crippen LogP) is 3.47. The summed E-state index contributed by atoms with van der Waals surface area (Å²) in [5, 5.41) is 10.3. The van der Waals surface area contributed by atoms with E-state index in [-0.39, 0.29) is 17.2 Å². The summed E-state index contributed by atoms with van der Waals surface area (Å²) in [7, 11) is 0. The number of para-hydroxylation sites is 2. The molecule has 1 amide bonds. The fraction of sp³-hybridized carbons (Fsp3) is 0.188. The fourth-order valence-corrected chi connectivity index (χ4v) is 2.54. The number of hydrogen-bond donors (Lipinski definition) is 1. The molecule has 0 fully saturated rings. The highest BCUT2D eigenvalue weighted by molar-refractivity contribution is 6.31. The number of aromatic hydroxyl groups is 1. The van der Waals surface area contributed by atoms with Gasteiger partial charge < -0.3 is 14.7 Å². The van der Waals surface area contributed by atoms with Crippen molar-refractivity contribution in [3.05, 3.63) is 53.1 Å². The summed E-state index contributed by atoms with van der Waals surface area (Å²) < 4.78 is 5.64. The van der Waals surface area contributed by atoms with Gasteiger partial charge in [0.25, 0.3) is 5.91 Å². The third-order valence-electron chi connectivity index (χ3n) is 3.38. The highest BCUT2D eigenvalue weighted by Gasteiger charge is 2.24. The van der Waals surface area contributed by atoms with E-state index >= 15 is 0 Å². The van der Waals surface area contributed by atoms with Crippen LogP contribution in [0.5, 0.6) is 11.5 Å². The van der Waals surface area contributed by atoms with Gasteiger partial charge in [-0.3, -0.25) is 4.79 Å². The lowest BCUT2D eigenvalue weighted by Gasteiger charge is -2.22. The normalized spacial score (nSPS) is 14.0. The highest BCUT2D eigenvalue weighted by atomic mass is 35.5. The molecule has 1 N–H and O–H groups in total. The van der Waals surface area contributed by atoms with Crippen LogP contribution in [-0.2, 0) is 0 Å². The third kappa shape index (κ3) is 2.67. The van der Waals surface area contributed by atoms with Crippen molar-refractivity contribution in [2.45, 2.75) is 6.42 Å². The van der Waals surface area contributed by atoms with Gasteiger partial charge in [0.05, 0.1) is 17.9 Å². The number of anilines is 1. The lowest BCUT2D eigenvalue weighted by Crippen LogP contribution is -2.31. The van der Waals surface area contributed by atoms with Gasteiger partial charge in [0.15, 0.2) is 0 Å². The van der Waals surface area contributed by atoms with E-state index in [2.05, 4.69) is 0 Å². The van der Waals surface area contributed by atoms with Gasteiger partial charge >= 0.3 is 0 Å². The average molecular weight is 304 g/mol. The van der Waals surface area contributed by atoms with E-state index in [1.165, 1.54) is 12.1 Å². The summed E-state index contributed by atoms with van der Waals surface area (Å²) >= 11 is 5.81. The first kappa shape index (κ1) is 13.8. The molecule has 0 atom stereocenters. The standard InChI is InChI=1S/C16H14ClNO3/c17-11-6-7-12(14(19)10-11)16(20)18-8-3-9-21-15-5-2-1-4-13(15)18/h1-2,4-7,10,19H,3,8-9H2. The van der Waals surface area contributed by atoms with Gasteiger partial charge in [0.1, 0.15) is 11.5 Å². The number of halogens is 1. The first-order chi connectivity index (χ1) is 10.2. The van der Waals surface area contributed by atoms with Crippen LogP contribution in [0.3, 0.4) is 0 Å². The maximum absolute atomic E-state index is 12.7. The monoisotopic (exact) mass is 303 g/mol. The van der Waals surface area contributed by atoms with E-state index in [4.69, 9.17) is 16.3 Å². The molecule has 0 radical (unpaired) electrons. The third-order valence-corrected chi connectivity index (χ3v) is 3.61. The van der Waals surface area contributed by atoms with Gasteiger partial charge in [-0.15, -0.1) is 0 Å². The van der Waals surface area contributed by atoms with Crippen molar-refractivity contribution >= 4 is 23.2 Å². The number of phenols is 1. The van der Waals surface area contributed by atoms with E-state index in [1.54, 1.807) is 11.0 Å². The van der Waals surface area contributed by atoms with Crippen LogP contribution in [0.4, 0.5) is 5.69 Å². The van der Waals surface area contributed by atoms with Crippen molar-refractivity contribution in [2.75, 3.05) is 18.1 Å². The Morgan fingerprint density at radius 1 is 1.24 bits per heavy atom. The Hall–Kier alpha value is -2.20. The summed E-state index contributed by atoms with van der Waals surface area (Å²) in [5.74, 6) is 0.300. The minimum absolute atomic E-state index is 0.116. The largest absolute Gasteiger partial charge is 0.507 e. The molecule has 3 rings (SSSR count). The van der Waals surface area contributed by atoms with Crippen LogP contribution in [-0.4, -0.2) is 24.2 Å². The van der Waals surface area contributed by atoms with E-state index in [0.717, 1.165) is 6.42 Å². The van der Waals surface area contributed by atoms with Crippen molar-refractivity contribution < 1.29 is 14.6 Å². The van der Waals surface area contributed by atoms with Crippen LogP contribution in [0, 0.1) is 0 Å². The minimum Gasteiger partial charge on any atom is -0.507 e. The number of phenolic OH excluding ortho intramolecular Hbond substituents is 1. The van der Waals surface area contributed by atoms with Crippen LogP contribution in [0.25, 0.3) is 0 Å². The SMILES string of the molecule is O=C(c1ccc(Cl)cc1O)N1CCCOc2ccccc21. The first-order valence-electron chi connectivity index (χ1n) is 6.69. The molecule has 1 aliphatic heterocycles. The molecule has 0 spiro atoms. The maximum Gasteiger partial charge on any atom is 0.262 e. The molecule has 0 aliphatic carbocycles. The zero-order valence-corrected chi connectivity index (χ0v) is 12.0. The molecule has 0 aromatic heterocycles. The van der Waals surface area contributed by atoms with Crippen molar-refractivity contribution in [3.63, 3.8) is 0 Å². The Kier molecular flexibility index (Phi) is 3.71. The number of hydrogen-bond acceptors (Lipinski definition) is 3. The lowest BCUT2D eigenvalue weighted by atomic mass is 10.1. The highest BCUT2D eigenvalue weighted by Crippen LogP contribution is 2.33. The zero-order valence-electron chi connectivity index (χ0n) is 11.3. The Balaban J connectivity index is 2.01. The molecule has 0 unspecified atom stereocenters. The van der Waals surface area contributed by atoms with Gasteiger partial charge in [0, 0.05) is 11.6 Å². The molecular weight excluding hydrogens is 290 g/mol. The molecule has 108 valence electrons. The smallest absolute Gasteiger partial charge is 0.262 e. The number of amides is 1. The van der Waals surface area contributed by atoms with E-state index in [0.29, 0.717) is 29.6 Å². The number of carbonyl (C=O) groups is 1. The first-order valence-corrected chi connectivity index (χ1v) is 7.07. The molecule has 5 heteroatoms. The van der Waals surface area contributed by atoms with Gasteiger partial charge in [-0.25, -0.2) is 0 Å². The van der Waals surface area contributed by atoms with Crippen molar-refractivity contribution in [3.8, 4) is 11.5 Å². The number of rotatable bonds is 1. The van der Waals surface area contributed by atoms with Gasteiger partial charge in [0.2, 0.25) is 0 Å². The number of benzene rings is 2. The molecule has 0 bridgehead atoms. The van der Waals surface area contributed by atoms with Crippen LogP contribution < -0.4 is 9.64 Å². The Bertz CT molecular complexity index is 687. The quantitative estimate of drug-likeness (QED) is 0.877. The van der Waals surface area contributed by atoms with Crippen LogP contribution in [0.15, 0.2) is 42.5 Å². The molecule has 4 nitrogen and oxygen atoms in total. The van der Waals surface area contributed by atoms with Crippen LogP contribution >= 0.6 is 11.6 Å². The minimum atomic E-state index is -0.262. The Labute approximate surface area is 127 Å². The fourth-order valence-electron chi connectivity index (χ4n) is 2.37. The summed E-state index contributed by atoms with van der Waals surface area (Å²) in [4.78, 5) is 14.3. The maximum atomic E-state index is 12.7. The molecule has 2 aromatic carbocycles. The van der Waals surface area contributed by atoms with Crippen LogP contribution in [0.2, 0.25) is 5.02 Å². The molecule has 1 aliphatic rings. The Morgan fingerprint density at radius 3 is 2.86 bits per heavy atom. The summed E-state index contributed by atoms with van der Waals surface area (Å²) in [6.07, 6.45) is 0.731. The van der Waals surface area contributed by atoms with E-state index in [1.807, 2.05) is 24.3 Å². The summed E-state index contributed by atoms with van der Waals surface area (Å²) in [5.41, 5.74) is 0.949. The molecule has 0 saturated heterocycles. The zero-order chi connectivity index (χ0) is 14.8. The van der Waals surface area contributed by atoms with E-state index in [9.17, 15) is 9.90 Å². The predicted molar refractivity (Wildman–Crippen MR) is 81.3 cm³/mol. The lowest BCUT2D eigenvalue weighted by molar-refractivity contribution is 0.0984. The molecule has 2 aromatic rings. The molecular formula is C16H14ClNO3. The van der Waals surface area contributed by atoms with Gasteiger partial charge in [-0.2, -0.15) is 0 Å². The molecule has 0 saturated carbocycles. The number of nitrogens with zero attached hydrogens (tertiary/aromatic N) is 1. The molecule has 1 heterocycles. The number of carbonyl (C=O) groups excluding carboxylic acids is 1. The van der Waals surface area contributed by atoms with Gasteiger partial charge in [-0.05, 0) is 36.8 Å². The van der Waals surface area contributed by atoms with Crippen molar-refractivity contribution in [2.24, 2.45) is 0 Å². The van der Waals surface area contributed by atoms with Crippen molar-refractivity contribution in [1.82, 2.24) is 0 Å². The van der Waals surface area contributed by atoms with Crippen molar-refractivity contribution in [1.29, 1.82) is 0 Å². The second-order valence-corrected chi connectivity index (χ2v) is 5.22.